The number of fused-ring (bicyclic) bond motifs is 2. The fourth-order valence-corrected chi connectivity index (χ4v) is 5.70. The number of thiophene rings is 1. The van der Waals surface area contributed by atoms with Crippen molar-refractivity contribution < 1.29 is 0 Å². The van der Waals surface area contributed by atoms with Crippen LogP contribution in [0.4, 0.5) is 27.2 Å². The fourth-order valence-electron chi connectivity index (χ4n) is 3.85. The highest BCUT2D eigenvalue weighted by Gasteiger charge is 2.09. The predicted molar refractivity (Wildman–Crippen MR) is 145 cm³/mol. The second-order valence-electron chi connectivity index (χ2n) is 7.79. The number of hydrogen-bond donors (Lipinski definition) is 0. The van der Waals surface area contributed by atoms with Crippen LogP contribution in [0.3, 0.4) is 0 Å². The molecular formula is C26H24N6S2. The lowest BCUT2D eigenvalue weighted by molar-refractivity contribution is 0.866. The Labute approximate surface area is 206 Å². The van der Waals surface area contributed by atoms with Crippen molar-refractivity contribution in [1.29, 1.82) is 0 Å². The highest BCUT2D eigenvalue weighted by atomic mass is 32.1. The summed E-state index contributed by atoms with van der Waals surface area (Å²) in [6, 6.07) is 22.5. The molecule has 0 bridgehead atoms. The minimum atomic E-state index is 0.641. The van der Waals surface area contributed by atoms with E-state index in [9.17, 15) is 0 Å². The zero-order valence-electron chi connectivity index (χ0n) is 19.3. The van der Waals surface area contributed by atoms with Gasteiger partial charge in [-0.15, -0.1) is 20.5 Å². The van der Waals surface area contributed by atoms with Gasteiger partial charge in [0.05, 0.1) is 16.1 Å². The molecule has 34 heavy (non-hydrogen) atoms. The van der Waals surface area contributed by atoms with Gasteiger partial charge in [0.1, 0.15) is 9.83 Å². The molecule has 2 heterocycles. The number of anilines is 1. The summed E-state index contributed by atoms with van der Waals surface area (Å²) in [5, 5.41) is 21.5. The molecule has 3 aromatic carbocycles. The highest BCUT2D eigenvalue weighted by molar-refractivity contribution is 7.30. The van der Waals surface area contributed by atoms with E-state index in [-0.39, 0.29) is 0 Å². The van der Waals surface area contributed by atoms with Crippen molar-refractivity contribution in [1.82, 2.24) is 4.98 Å². The first-order chi connectivity index (χ1) is 16.6. The molecule has 0 radical (unpaired) electrons. The van der Waals surface area contributed by atoms with Crippen molar-refractivity contribution in [3.8, 4) is 0 Å². The summed E-state index contributed by atoms with van der Waals surface area (Å²) < 4.78 is 1.04. The molecule has 0 aliphatic rings. The van der Waals surface area contributed by atoms with Gasteiger partial charge >= 0.3 is 0 Å². The predicted octanol–water partition coefficient (Wildman–Crippen LogP) is 9.50. The van der Waals surface area contributed by atoms with Crippen LogP contribution in [0.2, 0.25) is 0 Å². The van der Waals surface area contributed by atoms with E-state index in [1.165, 1.54) is 39.3 Å². The number of rotatable bonds is 7. The lowest BCUT2D eigenvalue weighted by Gasteiger charge is -2.20. The van der Waals surface area contributed by atoms with Crippen LogP contribution in [0.25, 0.3) is 20.3 Å². The quantitative estimate of drug-likeness (QED) is 0.216. The monoisotopic (exact) mass is 484 g/mol. The van der Waals surface area contributed by atoms with E-state index in [2.05, 4.69) is 81.4 Å². The summed E-state index contributed by atoms with van der Waals surface area (Å²) >= 11 is 3.02. The Morgan fingerprint density at radius 1 is 0.794 bits per heavy atom. The molecular weight excluding hydrogens is 460 g/mol. The molecule has 0 aliphatic carbocycles. The molecule has 0 saturated heterocycles. The third-order valence-electron chi connectivity index (χ3n) is 5.67. The topological polar surface area (TPSA) is 65.6 Å². The normalized spacial score (nSPS) is 12.0. The van der Waals surface area contributed by atoms with Crippen LogP contribution in [0, 0.1) is 6.92 Å². The second kappa shape index (κ2) is 9.79. The van der Waals surface area contributed by atoms with Gasteiger partial charge in [-0.05, 0) is 68.1 Å². The summed E-state index contributed by atoms with van der Waals surface area (Å²) in [4.78, 5) is 7.80. The van der Waals surface area contributed by atoms with E-state index < -0.39 is 0 Å². The maximum absolute atomic E-state index is 4.60. The van der Waals surface area contributed by atoms with E-state index in [4.69, 9.17) is 0 Å². The Morgan fingerprint density at radius 2 is 1.56 bits per heavy atom. The van der Waals surface area contributed by atoms with Crippen molar-refractivity contribution in [2.24, 2.45) is 20.5 Å². The van der Waals surface area contributed by atoms with Gasteiger partial charge in [0, 0.05) is 24.2 Å². The second-order valence-corrected chi connectivity index (χ2v) is 9.80. The smallest absolute Gasteiger partial charge is 0.231 e. The van der Waals surface area contributed by atoms with Crippen molar-refractivity contribution >= 4 is 70.2 Å². The number of aryl methyl sites for hydroxylation is 1. The highest BCUT2D eigenvalue weighted by Crippen LogP contribution is 2.39. The molecule has 0 fully saturated rings. The molecule has 0 aliphatic heterocycles. The molecule has 0 atom stereocenters. The summed E-state index contributed by atoms with van der Waals surface area (Å²) in [6.07, 6.45) is 0. The Hall–Kier alpha value is -3.49. The summed E-state index contributed by atoms with van der Waals surface area (Å²) in [5.41, 5.74) is 4.11. The lowest BCUT2D eigenvalue weighted by Crippen LogP contribution is -2.21. The van der Waals surface area contributed by atoms with E-state index in [1.54, 1.807) is 0 Å². The first kappa shape index (κ1) is 22.3. The molecule has 170 valence electrons. The van der Waals surface area contributed by atoms with Crippen molar-refractivity contribution in [2.45, 2.75) is 20.8 Å². The Balaban J connectivity index is 1.31. The van der Waals surface area contributed by atoms with Crippen LogP contribution in [-0.4, -0.2) is 18.1 Å². The number of hydrogen-bond acceptors (Lipinski definition) is 8. The van der Waals surface area contributed by atoms with Crippen LogP contribution < -0.4 is 4.90 Å². The van der Waals surface area contributed by atoms with E-state index in [1.807, 2.05) is 36.4 Å². The van der Waals surface area contributed by atoms with Crippen LogP contribution in [-0.2, 0) is 0 Å². The SMILES string of the molecule is CCN(CC)c1ccc(N=Nc2nc3sc(N=Nc4ccc(C)c5ccccc45)cc3s2)cc1. The van der Waals surface area contributed by atoms with Gasteiger partial charge in [-0.3, -0.25) is 0 Å². The minimum absolute atomic E-state index is 0.641. The van der Waals surface area contributed by atoms with Gasteiger partial charge in [0.2, 0.25) is 5.13 Å². The third kappa shape index (κ3) is 4.60. The summed E-state index contributed by atoms with van der Waals surface area (Å²) in [7, 11) is 0. The van der Waals surface area contributed by atoms with Gasteiger partial charge in [0.25, 0.3) is 0 Å². The number of aromatic nitrogens is 1. The molecule has 5 aromatic rings. The molecule has 0 unspecified atom stereocenters. The Morgan fingerprint density at radius 3 is 2.29 bits per heavy atom. The van der Waals surface area contributed by atoms with E-state index in [0.717, 1.165) is 44.4 Å². The molecule has 0 spiro atoms. The average molecular weight is 485 g/mol. The Bertz CT molecular complexity index is 1460. The van der Waals surface area contributed by atoms with Crippen molar-refractivity contribution in [3.63, 3.8) is 0 Å². The van der Waals surface area contributed by atoms with Crippen LogP contribution in [0.15, 0.2) is 87.2 Å². The largest absolute Gasteiger partial charge is 0.372 e. The Kier molecular flexibility index (Phi) is 6.42. The van der Waals surface area contributed by atoms with Gasteiger partial charge in [0.15, 0.2) is 0 Å². The van der Waals surface area contributed by atoms with Crippen LogP contribution in [0.5, 0.6) is 0 Å². The number of thiazole rings is 1. The lowest BCUT2D eigenvalue weighted by atomic mass is 10.0. The van der Waals surface area contributed by atoms with Crippen LogP contribution >= 0.6 is 22.7 Å². The molecule has 0 amide bonds. The maximum atomic E-state index is 4.60. The van der Waals surface area contributed by atoms with Crippen LogP contribution in [0.1, 0.15) is 19.4 Å². The molecule has 5 rings (SSSR count). The third-order valence-corrected chi connectivity index (χ3v) is 7.60. The number of benzene rings is 3. The molecule has 0 N–H and O–H groups in total. The standard InChI is InChI=1S/C26H24N6S2/c1-4-32(5-2)19-13-11-18(12-14-19)28-31-26-27-25-23(33-26)16-24(34-25)30-29-22-15-10-17(3)20-8-6-7-9-21(20)22/h6-16H,4-5H2,1-3H3. The van der Waals surface area contributed by atoms with Gasteiger partial charge in [-0.2, -0.15) is 0 Å². The van der Waals surface area contributed by atoms with Gasteiger partial charge in [-0.1, -0.05) is 53.0 Å². The van der Waals surface area contributed by atoms with Crippen molar-refractivity contribution in [2.75, 3.05) is 18.0 Å². The maximum Gasteiger partial charge on any atom is 0.231 e. The summed E-state index contributed by atoms with van der Waals surface area (Å²) in [5.74, 6) is 0. The molecule has 8 heteroatoms. The molecule has 0 saturated carbocycles. The minimum Gasteiger partial charge on any atom is -0.372 e. The fraction of sp³-hybridized carbons (Fsp3) is 0.192. The zero-order chi connectivity index (χ0) is 23.5. The molecule has 2 aromatic heterocycles. The number of nitrogens with zero attached hydrogens (tertiary/aromatic N) is 6. The first-order valence-corrected chi connectivity index (χ1v) is 12.8. The average Bonchev–Trinajstić information content (AvgIpc) is 3.42. The van der Waals surface area contributed by atoms with Gasteiger partial charge in [-0.25, -0.2) is 4.98 Å². The number of azo groups is 2. The first-order valence-electron chi connectivity index (χ1n) is 11.2. The summed E-state index contributed by atoms with van der Waals surface area (Å²) in [6.45, 7) is 8.39. The van der Waals surface area contributed by atoms with E-state index >= 15 is 0 Å². The van der Waals surface area contributed by atoms with E-state index in [0.29, 0.717) is 5.13 Å². The molecule has 6 nitrogen and oxygen atoms in total. The van der Waals surface area contributed by atoms with Gasteiger partial charge < -0.3 is 4.90 Å². The zero-order valence-corrected chi connectivity index (χ0v) is 20.9. The van der Waals surface area contributed by atoms with Crippen molar-refractivity contribution in [3.05, 3.63) is 72.3 Å².